The van der Waals surface area contributed by atoms with Crippen LogP contribution in [0.5, 0.6) is 5.75 Å². The van der Waals surface area contributed by atoms with Gasteiger partial charge in [-0.25, -0.2) is 0 Å². The Morgan fingerprint density at radius 1 is 1.23 bits per heavy atom. The average molecular weight is 414 g/mol. The second-order valence-corrected chi connectivity index (χ2v) is 9.32. The van der Waals surface area contributed by atoms with Crippen molar-refractivity contribution in [2.24, 2.45) is 5.92 Å². The number of rotatable bonds is 5. The Morgan fingerprint density at radius 2 is 2.07 bits per heavy atom. The van der Waals surface area contributed by atoms with Gasteiger partial charge in [-0.2, -0.15) is 0 Å². The Labute approximate surface area is 177 Å². The molecule has 3 fully saturated rings. The van der Waals surface area contributed by atoms with Crippen molar-refractivity contribution in [3.8, 4) is 5.75 Å². The number of morpholine rings is 1. The Bertz CT molecular complexity index is 832. The van der Waals surface area contributed by atoms with E-state index >= 15 is 0 Å². The molecule has 7 nitrogen and oxygen atoms in total. The van der Waals surface area contributed by atoms with Crippen molar-refractivity contribution in [1.82, 2.24) is 15.1 Å². The van der Waals surface area contributed by atoms with Gasteiger partial charge >= 0.3 is 0 Å². The molecule has 5 rings (SSSR count). The van der Waals surface area contributed by atoms with Gasteiger partial charge in [-0.05, 0) is 48.8 Å². The molecular formula is C23H31N3O4. The predicted octanol–water partition coefficient (Wildman–Crippen LogP) is 0.992. The quantitative estimate of drug-likeness (QED) is 0.780. The number of likely N-dealkylation sites (N-methyl/N-ethyl adjacent to an activating group) is 1. The highest BCUT2D eigenvalue weighted by Gasteiger charge is 2.52. The normalized spacial score (nSPS) is 25.2. The van der Waals surface area contributed by atoms with Crippen molar-refractivity contribution >= 4 is 11.8 Å². The van der Waals surface area contributed by atoms with Crippen LogP contribution in [-0.4, -0.2) is 79.7 Å². The molecule has 1 spiro atoms. The van der Waals surface area contributed by atoms with Crippen LogP contribution in [0.2, 0.25) is 0 Å². The predicted molar refractivity (Wildman–Crippen MR) is 111 cm³/mol. The lowest BCUT2D eigenvalue weighted by Crippen LogP contribution is -2.73. The number of likely N-dealkylation sites (tertiary alicyclic amines) is 1. The molecule has 1 aromatic rings. The van der Waals surface area contributed by atoms with Crippen LogP contribution in [0.3, 0.4) is 0 Å². The molecule has 0 unspecified atom stereocenters. The van der Waals surface area contributed by atoms with Crippen LogP contribution in [0, 0.1) is 5.92 Å². The van der Waals surface area contributed by atoms with Crippen molar-refractivity contribution < 1.29 is 19.1 Å². The molecular weight excluding hydrogens is 382 g/mol. The van der Waals surface area contributed by atoms with E-state index in [9.17, 15) is 9.59 Å². The zero-order valence-corrected chi connectivity index (χ0v) is 17.7. The summed E-state index contributed by atoms with van der Waals surface area (Å²) in [6, 6.07) is 5.89. The molecule has 2 amide bonds. The molecule has 3 heterocycles. The Kier molecular flexibility index (Phi) is 5.19. The minimum absolute atomic E-state index is 0.0224. The van der Waals surface area contributed by atoms with Gasteiger partial charge in [-0.15, -0.1) is 0 Å². The molecule has 162 valence electrons. The van der Waals surface area contributed by atoms with Gasteiger partial charge in [0.05, 0.1) is 32.7 Å². The van der Waals surface area contributed by atoms with Gasteiger partial charge in [0.2, 0.25) is 11.8 Å². The second-order valence-electron chi connectivity index (χ2n) is 9.32. The van der Waals surface area contributed by atoms with Crippen LogP contribution in [0.4, 0.5) is 0 Å². The maximum atomic E-state index is 12.8. The van der Waals surface area contributed by atoms with Crippen molar-refractivity contribution in [2.45, 2.75) is 43.7 Å². The maximum absolute atomic E-state index is 12.8. The number of carbonyl (C=O) groups is 2. The van der Waals surface area contributed by atoms with Gasteiger partial charge in [-0.1, -0.05) is 12.1 Å². The number of nitrogens with one attached hydrogen (secondary N) is 1. The summed E-state index contributed by atoms with van der Waals surface area (Å²) in [6.45, 7) is 4.08. The Balaban J connectivity index is 1.18. The molecule has 30 heavy (non-hydrogen) atoms. The summed E-state index contributed by atoms with van der Waals surface area (Å²) in [4.78, 5) is 29.3. The third-order valence-corrected chi connectivity index (χ3v) is 6.86. The largest absolute Gasteiger partial charge is 0.493 e. The fourth-order valence-electron chi connectivity index (χ4n) is 4.95. The third-order valence-electron chi connectivity index (χ3n) is 6.86. The average Bonchev–Trinajstić information content (AvgIpc) is 3.55. The van der Waals surface area contributed by atoms with Gasteiger partial charge in [0.15, 0.2) is 0 Å². The van der Waals surface area contributed by atoms with Crippen LogP contribution in [0.25, 0.3) is 0 Å². The van der Waals surface area contributed by atoms with E-state index in [1.54, 1.807) is 7.05 Å². The number of hydrogen-bond donors (Lipinski definition) is 1. The fraction of sp³-hybridized carbons (Fsp3) is 0.652. The van der Waals surface area contributed by atoms with E-state index in [0.29, 0.717) is 32.0 Å². The van der Waals surface area contributed by atoms with Gasteiger partial charge in [0, 0.05) is 20.1 Å². The topological polar surface area (TPSA) is 71.1 Å². The lowest BCUT2D eigenvalue weighted by atomic mass is 9.89. The summed E-state index contributed by atoms with van der Waals surface area (Å²) in [6.07, 6.45) is 4.96. The SMILES string of the molecule is CNC(=O)[C@H]1COC2(CN(C(=O)Cc3ccc4c(c3)CCCO4)C2)CN1CC1CC1. The summed E-state index contributed by atoms with van der Waals surface area (Å²) >= 11 is 0. The van der Waals surface area contributed by atoms with Crippen LogP contribution in [0.1, 0.15) is 30.4 Å². The van der Waals surface area contributed by atoms with E-state index in [-0.39, 0.29) is 23.5 Å². The zero-order valence-electron chi connectivity index (χ0n) is 17.7. The number of fused-ring (bicyclic) bond motifs is 1. The number of carbonyl (C=O) groups excluding carboxylic acids is 2. The minimum atomic E-state index is -0.321. The van der Waals surface area contributed by atoms with Crippen LogP contribution in [-0.2, 0) is 27.2 Å². The van der Waals surface area contributed by atoms with E-state index in [4.69, 9.17) is 9.47 Å². The van der Waals surface area contributed by atoms with Gasteiger partial charge in [0.1, 0.15) is 17.4 Å². The molecule has 0 bridgehead atoms. The van der Waals surface area contributed by atoms with Crippen LogP contribution in [0.15, 0.2) is 18.2 Å². The molecule has 0 aromatic heterocycles. The van der Waals surface area contributed by atoms with E-state index in [2.05, 4.69) is 16.3 Å². The minimum Gasteiger partial charge on any atom is -0.493 e. The zero-order chi connectivity index (χ0) is 20.7. The molecule has 2 saturated heterocycles. The molecule has 3 aliphatic heterocycles. The summed E-state index contributed by atoms with van der Waals surface area (Å²) in [5.41, 5.74) is 1.93. The molecule has 1 saturated carbocycles. The van der Waals surface area contributed by atoms with Crippen LogP contribution < -0.4 is 10.1 Å². The van der Waals surface area contributed by atoms with E-state index in [1.165, 1.54) is 18.4 Å². The van der Waals surface area contributed by atoms with E-state index in [0.717, 1.165) is 43.9 Å². The van der Waals surface area contributed by atoms with Crippen LogP contribution >= 0.6 is 0 Å². The van der Waals surface area contributed by atoms with E-state index < -0.39 is 0 Å². The third kappa shape index (κ3) is 3.93. The molecule has 4 aliphatic rings. The number of amides is 2. The highest BCUT2D eigenvalue weighted by Crippen LogP contribution is 2.36. The number of aryl methyl sites for hydroxylation is 1. The van der Waals surface area contributed by atoms with Crippen molar-refractivity contribution in [3.63, 3.8) is 0 Å². The Morgan fingerprint density at radius 3 is 2.83 bits per heavy atom. The van der Waals surface area contributed by atoms with Gasteiger partial charge in [0.25, 0.3) is 0 Å². The van der Waals surface area contributed by atoms with E-state index in [1.807, 2.05) is 17.0 Å². The first-order valence-corrected chi connectivity index (χ1v) is 11.2. The summed E-state index contributed by atoms with van der Waals surface area (Å²) in [7, 11) is 1.68. The first-order valence-electron chi connectivity index (χ1n) is 11.2. The second kappa shape index (κ2) is 7.85. The molecule has 0 radical (unpaired) electrons. The van der Waals surface area contributed by atoms with Crippen molar-refractivity contribution in [1.29, 1.82) is 0 Å². The summed E-state index contributed by atoms with van der Waals surface area (Å²) in [5.74, 6) is 1.83. The van der Waals surface area contributed by atoms with Crippen molar-refractivity contribution in [3.05, 3.63) is 29.3 Å². The van der Waals surface area contributed by atoms with Gasteiger partial charge in [-0.3, -0.25) is 14.5 Å². The fourth-order valence-corrected chi connectivity index (χ4v) is 4.95. The molecule has 1 aliphatic carbocycles. The molecule has 1 aromatic carbocycles. The number of ether oxygens (including phenoxy) is 2. The highest BCUT2D eigenvalue weighted by atomic mass is 16.5. The number of hydrogen-bond acceptors (Lipinski definition) is 5. The first-order chi connectivity index (χ1) is 14.5. The smallest absolute Gasteiger partial charge is 0.239 e. The number of nitrogens with zero attached hydrogens (tertiary/aromatic N) is 2. The number of benzene rings is 1. The molecule has 1 atom stereocenters. The monoisotopic (exact) mass is 413 g/mol. The first kappa shape index (κ1) is 19.8. The lowest BCUT2D eigenvalue weighted by molar-refractivity contribution is -0.204. The summed E-state index contributed by atoms with van der Waals surface area (Å²) in [5, 5.41) is 2.76. The maximum Gasteiger partial charge on any atom is 0.239 e. The van der Waals surface area contributed by atoms with Gasteiger partial charge < -0.3 is 19.7 Å². The molecule has 1 N–H and O–H groups in total. The summed E-state index contributed by atoms with van der Waals surface area (Å²) < 4.78 is 11.8. The Hall–Kier alpha value is -2.12. The molecule has 7 heteroatoms. The standard InChI is InChI=1S/C23H31N3O4/c1-24-22(28)19-12-30-23(13-25(19)11-16-4-5-16)14-26(15-23)21(27)10-17-6-7-20-18(9-17)3-2-8-29-20/h6-7,9,16,19H,2-5,8,10-15H2,1H3,(H,24,28)/t19-/m1/s1. The van der Waals surface area contributed by atoms with Crippen molar-refractivity contribution in [2.75, 3.05) is 46.4 Å². The highest BCUT2D eigenvalue weighted by molar-refractivity contribution is 5.82. The lowest BCUT2D eigenvalue weighted by Gasteiger charge is -2.55.